The molecule has 5 heteroatoms. The Morgan fingerprint density at radius 3 is 2.62 bits per heavy atom. The molecule has 1 atom stereocenters. The van der Waals surface area contributed by atoms with Crippen LogP contribution in [0.4, 0.5) is 0 Å². The molecule has 0 saturated carbocycles. The minimum Gasteiger partial charge on any atom is -0.493 e. The predicted molar refractivity (Wildman–Crippen MR) is 97.7 cm³/mol. The molecule has 2 heterocycles. The molecule has 0 aliphatic carbocycles. The van der Waals surface area contributed by atoms with Crippen molar-refractivity contribution in [3.8, 4) is 17.2 Å². The van der Waals surface area contributed by atoms with E-state index >= 15 is 0 Å². The van der Waals surface area contributed by atoms with E-state index in [4.69, 9.17) is 14.2 Å². The average molecular weight is 353 g/mol. The van der Waals surface area contributed by atoms with Gasteiger partial charge in [-0.1, -0.05) is 30.3 Å². The topological polar surface area (TPSA) is 48.0 Å². The van der Waals surface area contributed by atoms with Crippen molar-refractivity contribution in [1.29, 1.82) is 0 Å². The summed E-state index contributed by atoms with van der Waals surface area (Å²) < 4.78 is 17.1. The fourth-order valence-electron chi connectivity index (χ4n) is 3.55. The molecule has 5 nitrogen and oxygen atoms in total. The Balaban J connectivity index is 1.35. The first-order valence-electron chi connectivity index (χ1n) is 9.04. The Bertz CT molecular complexity index is 785. The second-order valence-electron chi connectivity index (χ2n) is 6.78. The first kappa shape index (κ1) is 16.8. The van der Waals surface area contributed by atoms with E-state index < -0.39 is 0 Å². The lowest BCUT2D eigenvalue weighted by Gasteiger charge is -2.40. The minimum atomic E-state index is -0.0224. The van der Waals surface area contributed by atoms with Crippen LogP contribution in [0.3, 0.4) is 0 Å². The average Bonchev–Trinajstić information content (AvgIpc) is 2.86. The number of rotatable bonds is 4. The molecule has 2 aromatic carbocycles. The third kappa shape index (κ3) is 3.34. The highest BCUT2D eigenvalue weighted by Crippen LogP contribution is 2.31. The number of nitrogens with zero attached hydrogens (tertiary/aromatic N) is 1. The van der Waals surface area contributed by atoms with E-state index in [1.807, 2.05) is 53.4 Å². The van der Waals surface area contributed by atoms with E-state index in [1.165, 1.54) is 0 Å². The van der Waals surface area contributed by atoms with Gasteiger partial charge in [0.05, 0.1) is 26.8 Å². The maximum atomic E-state index is 12.9. The van der Waals surface area contributed by atoms with Gasteiger partial charge >= 0.3 is 0 Å². The maximum Gasteiger partial charge on any atom is 0.226 e. The van der Waals surface area contributed by atoms with Gasteiger partial charge in [0.25, 0.3) is 0 Å². The van der Waals surface area contributed by atoms with Crippen molar-refractivity contribution >= 4 is 5.91 Å². The molecule has 1 fully saturated rings. The summed E-state index contributed by atoms with van der Waals surface area (Å²) in [6, 6.07) is 15.6. The number of hydrogen-bond acceptors (Lipinski definition) is 4. The Kier molecular flexibility index (Phi) is 4.69. The van der Waals surface area contributed by atoms with Crippen LogP contribution in [0.2, 0.25) is 0 Å². The summed E-state index contributed by atoms with van der Waals surface area (Å²) in [4.78, 5) is 14.7. The van der Waals surface area contributed by atoms with E-state index in [1.54, 1.807) is 7.11 Å². The lowest BCUT2D eigenvalue weighted by atomic mass is 9.94. The zero-order chi connectivity index (χ0) is 17.9. The first-order chi connectivity index (χ1) is 12.7. The van der Waals surface area contributed by atoms with E-state index in [-0.39, 0.29) is 17.9 Å². The van der Waals surface area contributed by atoms with Gasteiger partial charge < -0.3 is 19.1 Å². The molecule has 136 valence electrons. The molecule has 0 N–H and O–H groups in total. The van der Waals surface area contributed by atoms with Gasteiger partial charge in [0, 0.05) is 5.92 Å². The van der Waals surface area contributed by atoms with Gasteiger partial charge in [-0.2, -0.15) is 0 Å². The largest absolute Gasteiger partial charge is 0.493 e. The summed E-state index contributed by atoms with van der Waals surface area (Å²) in [7, 11) is 1.63. The van der Waals surface area contributed by atoms with Crippen LogP contribution >= 0.6 is 0 Å². The van der Waals surface area contributed by atoms with Gasteiger partial charge in [-0.3, -0.25) is 4.79 Å². The maximum absolute atomic E-state index is 12.9. The van der Waals surface area contributed by atoms with Crippen molar-refractivity contribution < 1.29 is 19.0 Å². The summed E-state index contributed by atoms with van der Waals surface area (Å²) in [5.74, 6) is 2.53. The first-order valence-corrected chi connectivity index (χ1v) is 9.04. The van der Waals surface area contributed by atoms with Crippen LogP contribution in [0.1, 0.15) is 12.0 Å². The summed E-state index contributed by atoms with van der Waals surface area (Å²) in [5.41, 5.74) is 1.12. The zero-order valence-electron chi connectivity index (χ0n) is 14.9. The number of amides is 1. The van der Waals surface area contributed by atoms with E-state index in [0.717, 1.165) is 35.7 Å². The van der Waals surface area contributed by atoms with Gasteiger partial charge in [0.15, 0.2) is 11.5 Å². The molecule has 0 radical (unpaired) electrons. The third-order valence-electron chi connectivity index (χ3n) is 5.03. The Morgan fingerprint density at radius 1 is 1.08 bits per heavy atom. The Hall–Kier alpha value is -2.69. The number of methoxy groups -OCH3 is 1. The standard InChI is InChI=1S/C21H23NO4/c1-24-19-8-4-5-9-20(19)26-17-13-22(14-17)21(23)16-10-11-25-18-7-3-2-6-15(18)12-16/h2-9,16-17H,10-14H2,1H3. The van der Waals surface area contributed by atoms with Crippen molar-refractivity contribution in [1.82, 2.24) is 4.90 Å². The molecule has 0 spiro atoms. The SMILES string of the molecule is COc1ccccc1OC1CN(C(=O)C2CCOc3ccccc3C2)C1. The van der Waals surface area contributed by atoms with Crippen molar-refractivity contribution in [2.75, 3.05) is 26.8 Å². The van der Waals surface area contributed by atoms with Crippen LogP contribution in [-0.2, 0) is 11.2 Å². The molecule has 0 bridgehead atoms. The van der Waals surface area contributed by atoms with Gasteiger partial charge in [-0.15, -0.1) is 0 Å². The minimum absolute atomic E-state index is 0.0181. The predicted octanol–water partition coefficient (Wildman–Crippen LogP) is 2.93. The van der Waals surface area contributed by atoms with Crippen LogP contribution in [-0.4, -0.2) is 43.7 Å². The quantitative estimate of drug-likeness (QED) is 0.848. The molecule has 1 saturated heterocycles. The lowest BCUT2D eigenvalue weighted by molar-refractivity contribution is -0.144. The molecule has 26 heavy (non-hydrogen) atoms. The highest BCUT2D eigenvalue weighted by atomic mass is 16.5. The highest BCUT2D eigenvalue weighted by molar-refractivity contribution is 5.80. The third-order valence-corrected chi connectivity index (χ3v) is 5.03. The zero-order valence-corrected chi connectivity index (χ0v) is 14.9. The van der Waals surface area contributed by atoms with Gasteiger partial charge in [0.2, 0.25) is 5.91 Å². The fourth-order valence-corrected chi connectivity index (χ4v) is 3.55. The van der Waals surface area contributed by atoms with Crippen molar-refractivity contribution in [2.24, 2.45) is 5.92 Å². The monoisotopic (exact) mass is 353 g/mol. The second kappa shape index (κ2) is 7.28. The van der Waals surface area contributed by atoms with Crippen LogP contribution in [0.25, 0.3) is 0 Å². The Morgan fingerprint density at radius 2 is 1.81 bits per heavy atom. The molecular weight excluding hydrogens is 330 g/mol. The smallest absolute Gasteiger partial charge is 0.226 e. The number of carbonyl (C=O) groups excluding carboxylic acids is 1. The Labute approximate surface area is 153 Å². The van der Waals surface area contributed by atoms with Crippen LogP contribution in [0, 0.1) is 5.92 Å². The van der Waals surface area contributed by atoms with Gasteiger partial charge in [0.1, 0.15) is 11.9 Å². The lowest BCUT2D eigenvalue weighted by Crippen LogP contribution is -2.57. The van der Waals surface area contributed by atoms with E-state index in [9.17, 15) is 4.79 Å². The summed E-state index contributed by atoms with van der Waals surface area (Å²) in [5, 5.41) is 0. The highest BCUT2D eigenvalue weighted by Gasteiger charge is 2.36. The summed E-state index contributed by atoms with van der Waals surface area (Å²) in [6.07, 6.45) is 1.51. The van der Waals surface area contributed by atoms with Crippen molar-refractivity contribution in [3.63, 3.8) is 0 Å². The van der Waals surface area contributed by atoms with Crippen molar-refractivity contribution in [3.05, 3.63) is 54.1 Å². The van der Waals surface area contributed by atoms with Gasteiger partial charge in [-0.25, -0.2) is 0 Å². The molecule has 2 aliphatic rings. The van der Waals surface area contributed by atoms with Crippen LogP contribution in [0.5, 0.6) is 17.2 Å². The van der Waals surface area contributed by atoms with Crippen LogP contribution in [0.15, 0.2) is 48.5 Å². The van der Waals surface area contributed by atoms with E-state index in [2.05, 4.69) is 0 Å². The normalized spacial score (nSPS) is 19.6. The van der Waals surface area contributed by atoms with Crippen LogP contribution < -0.4 is 14.2 Å². The number of carbonyl (C=O) groups is 1. The van der Waals surface area contributed by atoms with Gasteiger partial charge in [-0.05, 0) is 36.6 Å². The summed E-state index contributed by atoms with van der Waals surface area (Å²) in [6.45, 7) is 1.83. The molecule has 1 amide bonds. The molecule has 2 aliphatic heterocycles. The molecule has 2 aromatic rings. The van der Waals surface area contributed by atoms with Crippen molar-refractivity contribution in [2.45, 2.75) is 18.9 Å². The molecule has 1 unspecified atom stereocenters. The number of fused-ring (bicyclic) bond motifs is 1. The number of likely N-dealkylation sites (tertiary alicyclic amines) is 1. The number of benzene rings is 2. The number of para-hydroxylation sites is 3. The molecule has 0 aromatic heterocycles. The van der Waals surface area contributed by atoms with E-state index in [0.29, 0.717) is 19.7 Å². The summed E-state index contributed by atoms with van der Waals surface area (Å²) >= 11 is 0. The fraction of sp³-hybridized carbons (Fsp3) is 0.381. The number of ether oxygens (including phenoxy) is 3. The second-order valence-corrected chi connectivity index (χ2v) is 6.78. The molecular formula is C21H23NO4. The molecule has 4 rings (SSSR count). The number of hydrogen-bond donors (Lipinski definition) is 0.